The summed E-state index contributed by atoms with van der Waals surface area (Å²) in [7, 11) is 1.47. The molecule has 0 bridgehead atoms. The fourth-order valence-corrected chi connectivity index (χ4v) is 1.51. The molecular weight excluding hydrogens is 211 g/mol. The van der Waals surface area contributed by atoms with E-state index in [1.165, 1.54) is 31.5 Å². The van der Waals surface area contributed by atoms with Gasteiger partial charge < -0.3 is 9.84 Å². The molecule has 0 saturated heterocycles. The molecule has 2 rings (SSSR count). The van der Waals surface area contributed by atoms with Gasteiger partial charge >= 0.3 is 0 Å². The Bertz CT molecular complexity index is 471. The number of ether oxygens (including phenoxy) is 1. The Hall–Kier alpha value is -1.88. The second-order valence-corrected chi connectivity index (χ2v) is 3.32. The van der Waals surface area contributed by atoms with Crippen molar-refractivity contribution in [2.45, 2.75) is 6.10 Å². The molecule has 2 aromatic rings. The molecule has 1 aromatic carbocycles. The van der Waals surface area contributed by atoms with Crippen molar-refractivity contribution in [2.75, 3.05) is 7.11 Å². The van der Waals surface area contributed by atoms with Crippen LogP contribution in [0.15, 0.2) is 30.6 Å². The molecule has 0 aliphatic heterocycles. The SMILES string of the molecule is COc1ccc(F)cc1C(O)c1cn[nH]c1. The molecule has 84 valence electrons. The van der Waals surface area contributed by atoms with Gasteiger partial charge in [0.25, 0.3) is 0 Å². The van der Waals surface area contributed by atoms with Crippen molar-refractivity contribution in [1.29, 1.82) is 0 Å². The molecule has 1 aromatic heterocycles. The van der Waals surface area contributed by atoms with Crippen LogP contribution in [0.25, 0.3) is 0 Å². The Balaban J connectivity index is 2.42. The van der Waals surface area contributed by atoms with Crippen molar-refractivity contribution in [2.24, 2.45) is 0 Å². The molecule has 1 heterocycles. The average Bonchev–Trinajstić information content (AvgIpc) is 2.81. The van der Waals surface area contributed by atoms with Gasteiger partial charge in [-0.25, -0.2) is 4.39 Å². The Morgan fingerprint density at radius 3 is 2.94 bits per heavy atom. The summed E-state index contributed by atoms with van der Waals surface area (Å²) in [5, 5.41) is 16.3. The lowest BCUT2D eigenvalue weighted by Gasteiger charge is -2.13. The lowest BCUT2D eigenvalue weighted by atomic mass is 10.0. The van der Waals surface area contributed by atoms with Crippen LogP contribution in [0.4, 0.5) is 4.39 Å². The van der Waals surface area contributed by atoms with Gasteiger partial charge in [-0.2, -0.15) is 5.10 Å². The lowest BCUT2D eigenvalue weighted by molar-refractivity contribution is 0.214. The molecule has 0 radical (unpaired) electrons. The molecule has 4 nitrogen and oxygen atoms in total. The molecule has 5 heteroatoms. The van der Waals surface area contributed by atoms with E-state index in [1.807, 2.05) is 0 Å². The Kier molecular flexibility index (Phi) is 2.87. The third-order valence-electron chi connectivity index (χ3n) is 2.32. The predicted molar refractivity (Wildman–Crippen MR) is 55.6 cm³/mol. The highest BCUT2D eigenvalue weighted by Gasteiger charge is 2.16. The smallest absolute Gasteiger partial charge is 0.125 e. The number of H-pyrrole nitrogens is 1. The summed E-state index contributed by atoms with van der Waals surface area (Å²) in [6, 6.07) is 4.01. The minimum Gasteiger partial charge on any atom is -0.496 e. The van der Waals surface area contributed by atoms with Gasteiger partial charge in [0.1, 0.15) is 17.7 Å². The van der Waals surface area contributed by atoms with E-state index in [-0.39, 0.29) is 0 Å². The van der Waals surface area contributed by atoms with Crippen molar-refractivity contribution in [3.63, 3.8) is 0 Å². The first-order chi connectivity index (χ1) is 7.72. The van der Waals surface area contributed by atoms with E-state index in [4.69, 9.17) is 4.74 Å². The highest BCUT2D eigenvalue weighted by atomic mass is 19.1. The van der Waals surface area contributed by atoms with E-state index >= 15 is 0 Å². The quantitative estimate of drug-likeness (QED) is 0.830. The Labute approximate surface area is 91.7 Å². The van der Waals surface area contributed by atoms with Crippen molar-refractivity contribution in [1.82, 2.24) is 10.2 Å². The zero-order valence-electron chi connectivity index (χ0n) is 8.64. The van der Waals surface area contributed by atoms with Gasteiger partial charge in [0.05, 0.1) is 13.3 Å². The number of aliphatic hydroxyl groups is 1. The summed E-state index contributed by atoms with van der Waals surface area (Å²) in [6.45, 7) is 0. The van der Waals surface area contributed by atoms with Gasteiger partial charge in [0.2, 0.25) is 0 Å². The van der Waals surface area contributed by atoms with Crippen LogP contribution in [0.3, 0.4) is 0 Å². The number of nitrogens with one attached hydrogen (secondary N) is 1. The summed E-state index contributed by atoms with van der Waals surface area (Å²) < 4.78 is 18.2. The standard InChI is InChI=1S/C11H11FN2O2/c1-16-10-3-2-8(12)4-9(10)11(15)7-5-13-14-6-7/h2-6,11,15H,1H3,(H,13,14). The van der Waals surface area contributed by atoms with E-state index < -0.39 is 11.9 Å². The average molecular weight is 222 g/mol. The van der Waals surface area contributed by atoms with Crippen molar-refractivity contribution >= 4 is 0 Å². The van der Waals surface area contributed by atoms with Gasteiger partial charge in [0, 0.05) is 17.3 Å². The monoisotopic (exact) mass is 222 g/mol. The van der Waals surface area contributed by atoms with Crippen LogP contribution >= 0.6 is 0 Å². The molecule has 16 heavy (non-hydrogen) atoms. The van der Waals surface area contributed by atoms with E-state index in [9.17, 15) is 9.50 Å². The van der Waals surface area contributed by atoms with E-state index in [1.54, 1.807) is 6.20 Å². The number of hydrogen-bond acceptors (Lipinski definition) is 3. The number of hydrogen-bond donors (Lipinski definition) is 2. The van der Waals surface area contributed by atoms with E-state index in [0.717, 1.165) is 0 Å². The molecule has 0 saturated carbocycles. The maximum atomic E-state index is 13.1. The third kappa shape index (κ3) is 1.90. The summed E-state index contributed by atoms with van der Waals surface area (Å²) in [5.74, 6) is 0.0217. The minimum absolute atomic E-state index is 0.379. The second kappa shape index (κ2) is 4.32. The zero-order chi connectivity index (χ0) is 11.5. The number of rotatable bonds is 3. The first kappa shape index (κ1) is 10.6. The van der Waals surface area contributed by atoms with Crippen LogP contribution in [0, 0.1) is 5.82 Å². The second-order valence-electron chi connectivity index (χ2n) is 3.32. The maximum absolute atomic E-state index is 13.1. The molecule has 2 N–H and O–H groups in total. The normalized spacial score (nSPS) is 12.4. The maximum Gasteiger partial charge on any atom is 0.125 e. The van der Waals surface area contributed by atoms with Crippen molar-refractivity contribution < 1.29 is 14.2 Å². The zero-order valence-corrected chi connectivity index (χ0v) is 8.64. The summed E-state index contributed by atoms with van der Waals surface area (Å²) in [5.41, 5.74) is 0.938. The number of benzene rings is 1. The van der Waals surface area contributed by atoms with Gasteiger partial charge in [-0.3, -0.25) is 5.10 Å². The highest BCUT2D eigenvalue weighted by Crippen LogP contribution is 2.29. The van der Waals surface area contributed by atoms with Crippen LogP contribution in [-0.4, -0.2) is 22.4 Å². The van der Waals surface area contributed by atoms with Crippen LogP contribution in [-0.2, 0) is 0 Å². The first-order valence-corrected chi connectivity index (χ1v) is 4.72. The fourth-order valence-electron chi connectivity index (χ4n) is 1.51. The summed E-state index contributed by atoms with van der Waals surface area (Å²) in [4.78, 5) is 0. The molecule has 0 amide bonds. The Morgan fingerprint density at radius 1 is 1.50 bits per heavy atom. The minimum atomic E-state index is -0.954. The largest absolute Gasteiger partial charge is 0.496 e. The van der Waals surface area contributed by atoms with Gasteiger partial charge in [-0.15, -0.1) is 0 Å². The van der Waals surface area contributed by atoms with Crippen LogP contribution in [0.5, 0.6) is 5.75 Å². The molecule has 0 fully saturated rings. The first-order valence-electron chi connectivity index (χ1n) is 4.72. The Morgan fingerprint density at radius 2 is 2.31 bits per heavy atom. The van der Waals surface area contributed by atoms with Gasteiger partial charge in [-0.1, -0.05) is 0 Å². The number of aromatic amines is 1. The number of aliphatic hydroxyl groups excluding tert-OH is 1. The molecule has 0 spiro atoms. The number of nitrogens with zero attached hydrogens (tertiary/aromatic N) is 1. The van der Waals surface area contributed by atoms with Gasteiger partial charge in [0.15, 0.2) is 0 Å². The van der Waals surface area contributed by atoms with E-state index in [0.29, 0.717) is 16.9 Å². The predicted octanol–water partition coefficient (Wildman–Crippen LogP) is 1.64. The topological polar surface area (TPSA) is 58.1 Å². The number of aromatic nitrogens is 2. The highest BCUT2D eigenvalue weighted by molar-refractivity contribution is 5.39. The molecule has 0 aliphatic rings. The molecule has 1 atom stereocenters. The molecular formula is C11H11FN2O2. The summed E-state index contributed by atoms with van der Waals surface area (Å²) in [6.07, 6.45) is 2.08. The molecule has 0 aliphatic carbocycles. The fraction of sp³-hybridized carbons (Fsp3) is 0.182. The van der Waals surface area contributed by atoms with Crippen LogP contribution in [0.1, 0.15) is 17.2 Å². The number of methoxy groups -OCH3 is 1. The summed E-state index contributed by atoms with van der Waals surface area (Å²) >= 11 is 0. The van der Waals surface area contributed by atoms with Crippen LogP contribution < -0.4 is 4.74 Å². The van der Waals surface area contributed by atoms with E-state index in [2.05, 4.69) is 10.2 Å². The molecule has 1 unspecified atom stereocenters. The lowest BCUT2D eigenvalue weighted by Crippen LogP contribution is -2.02. The van der Waals surface area contributed by atoms with Gasteiger partial charge in [-0.05, 0) is 18.2 Å². The van der Waals surface area contributed by atoms with Crippen molar-refractivity contribution in [3.05, 3.63) is 47.5 Å². The van der Waals surface area contributed by atoms with Crippen molar-refractivity contribution in [3.8, 4) is 5.75 Å². The third-order valence-corrected chi connectivity index (χ3v) is 2.32. The number of halogens is 1. The van der Waals surface area contributed by atoms with Crippen LogP contribution in [0.2, 0.25) is 0 Å².